The summed E-state index contributed by atoms with van der Waals surface area (Å²) in [6, 6.07) is 7.03. The van der Waals surface area contributed by atoms with Gasteiger partial charge in [0.05, 0.1) is 23.0 Å². The highest BCUT2D eigenvalue weighted by atomic mass is 16.6. The van der Waals surface area contributed by atoms with Crippen molar-refractivity contribution in [1.82, 2.24) is 0 Å². The van der Waals surface area contributed by atoms with Gasteiger partial charge in [0, 0.05) is 6.07 Å². The van der Waals surface area contributed by atoms with Crippen molar-refractivity contribution in [3.05, 3.63) is 46.0 Å². The van der Waals surface area contributed by atoms with E-state index in [4.69, 9.17) is 0 Å². The third-order valence-corrected chi connectivity index (χ3v) is 2.58. The Morgan fingerprint density at radius 3 is 2.44 bits per heavy atom. The molecule has 0 aromatic heterocycles. The zero-order chi connectivity index (χ0) is 13.3. The van der Waals surface area contributed by atoms with Gasteiger partial charge in [-0.2, -0.15) is 0 Å². The zero-order valence-corrected chi connectivity index (χ0v) is 9.38. The van der Waals surface area contributed by atoms with E-state index in [-0.39, 0.29) is 22.0 Å². The van der Waals surface area contributed by atoms with Crippen LogP contribution in [-0.4, -0.2) is 18.0 Å². The van der Waals surface area contributed by atoms with Crippen LogP contribution >= 0.6 is 0 Å². The maximum atomic E-state index is 12.0. The Morgan fingerprint density at radius 1 is 1.28 bits per heavy atom. The Bertz CT molecular complexity index is 650. The van der Waals surface area contributed by atoms with E-state index >= 15 is 0 Å². The molecule has 0 atom stereocenters. The summed E-state index contributed by atoms with van der Waals surface area (Å²) >= 11 is 0. The molecule has 6 nitrogen and oxygen atoms in total. The van der Waals surface area contributed by atoms with Crippen LogP contribution in [0.2, 0.25) is 0 Å². The van der Waals surface area contributed by atoms with Gasteiger partial charge in [-0.15, -0.1) is 0 Å². The molecule has 0 N–H and O–H groups in total. The summed E-state index contributed by atoms with van der Waals surface area (Å²) in [4.78, 5) is 21.7. The van der Waals surface area contributed by atoms with Crippen LogP contribution in [0.15, 0.2) is 30.3 Å². The predicted octanol–water partition coefficient (Wildman–Crippen LogP) is 1.61. The average Bonchev–Trinajstić information content (AvgIpc) is 2.38. The van der Waals surface area contributed by atoms with E-state index in [9.17, 15) is 20.0 Å². The molecule has 6 heteroatoms. The van der Waals surface area contributed by atoms with Crippen molar-refractivity contribution in [2.45, 2.75) is 0 Å². The second-order valence-electron chi connectivity index (χ2n) is 3.57. The zero-order valence-electron chi connectivity index (χ0n) is 9.38. The van der Waals surface area contributed by atoms with Crippen LogP contribution in [0.4, 0.5) is 5.69 Å². The largest absolute Gasteiger partial charge is 0.871 e. The minimum absolute atomic E-state index is 0.132. The molecule has 0 radical (unpaired) electrons. The monoisotopic (exact) mass is 246 g/mol. The summed E-state index contributed by atoms with van der Waals surface area (Å²) in [5.74, 6) is -1.45. The number of carbonyl (C=O) groups is 1. The van der Waals surface area contributed by atoms with Crippen molar-refractivity contribution in [1.29, 1.82) is 0 Å². The summed E-state index contributed by atoms with van der Waals surface area (Å²) < 4.78 is 4.44. The number of nitro groups is 1. The number of fused-ring (bicyclic) bond motifs is 1. The minimum atomic E-state index is -0.881. The Balaban J connectivity index is 2.87. The first-order chi connectivity index (χ1) is 8.56. The number of ether oxygens (including phenoxy) is 1. The Morgan fingerprint density at radius 2 is 1.89 bits per heavy atom. The molecule has 2 aromatic rings. The number of non-ortho nitro benzene ring substituents is 1. The van der Waals surface area contributed by atoms with Crippen LogP contribution in [0.3, 0.4) is 0 Å². The molecule has 0 amide bonds. The van der Waals surface area contributed by atoms with Crippen molar-refractivity contribution in [3.63, 3.8) is 0 Å². The number of esters is 1. The molecular weight excluding hydrogens is 238 g/mol. The van der Waals surface area contributed by atoms with Gasteiger partial charge in [-0.05, 0) is 11.5 Å². The normalized spacial score (nSPS) is 10.3. The first-order valence-corrected chi connectivity index (χ1v) is 5.01. The Kier molecular flexibility index (Phi) is 2.85. The van der Waals surface area contributed by atoms with Crippen LogP contribution in [0, 0.1) is 10.1 Å². The van der Waals surface area contributed by atoms with E-state index in [0.717, 1.165) is 13.2 Å². The average molecular weight is 246 g/mol. The molecule has 0 saturated carbocycles. The fourth-order valence-corrected chi connectivity index (χ4v) is 1.74. The quantitative estimate of drug-likeness (QED) is 0.456. The molecule has 2 rings (SSSR count). The van der Waals surface area contributed by atoms with Crippen molar-refractivity contribution >= 4 is 22.4 Å². The maximum Gasteiger partial charge on any atom is 0.337 e. The highest BCUT2D eigenvalue weighted by Gasteiger charge is 2.18. The van der Waals surface area contributed by atoms with Gasteiger partial charge in [-0.3, -0.25) is 10.1 Å². The number of nitro benzene ring substituents is 1. The molecule has 0 aliphatic rings. The molecular formula is C12H8NO5-. The van der Waals surface area contributed by atoms with Gasteiger partial charge in [0.2, 0.25) is 0 Å². The van der Waals surface area contributed by atoms with E-state index in [1.54, 1.807) is 12.1 Å². The number of carbonyl (C=O) groups excluding carboxylic acids is 1. The highest BCUT2D eigenvalue weighted by Crippen LogP contribution is 2.34. The van der Waals surface area contributed by atoms with E-state index in [1.165, 1.54) is 12.1 Å². The van der Waals surface area contributed by atoms with E-state index < -0.39 is 16.6 Å². The second kappa shape index (κ2) is 4.33. The third kappa shape index (κ3) is 1.73. The summed E-state index contributed by atoms with van der Waals surface area (Å²) in [6.07, 6.45) is 0. The highest BCUT2D eigenvalue weighted by molar-refractivity contribution is 6.04. The van der Waals surface area contributed by atoms with E-state index in [0.29, 0.717) is 0 Å². The van der Waals surface area contributed by atoms with Crippen LogP contribution in [0.5, 0.6) is 5.75 Å². The number of rotatable bonds is 2. The summed E-state index contributed by atoms with van der Waals surface area (Å²) in [6.45, 7) is 0. The van der Waals surface area contributed by atoms with Crippen LogP contribution in [0.1, 0.15) is 10.4 Å². The molecule has 2 aromatic carbocycles. The van der Waals surface area contributed by atoms with Gasteiger partial charge in [-0.1, -0.05) is 23.9 Å². The van der Waals surface area contributed by atoms with Crippen molar-refractivity contribution in [3.8, 4) is 5.75 Å². The van der Waals surface area contributed by atoms with Crippen LogP contribution in [-0.2, 0) is 4.74 Å². The van der Waals surface area contributed by atoms with Crippen molar-refractivity contribution < 1.29 is 19.6 Å². The molecule has 0 aliphatic heterocycles. The number of hydrogen-bond acceptors (Lipinski definition) is 5. The maximum absolute atomic E-state index is 12.0. The second-order valence-corrected chi connectivity index (χ2v) is 3.57. The van der Waals surface area contributed by atoms with E-state index in [1.807, 2.05) is 0 Å². The van der Waals surface area contributed by atoms with Gasteiger partial charge >= 0.3 is 5.97 Å². The molecule has 0 aliphatic carbocycles. The lowest BCUT2D eigenvalue weighted by Gasteiger charge is -2.15. The molecule has 92 valence electrons. The number of methoxy groups -OCH3 is 1. The molecule has 0 unspecified atom stereocenters. The van der Waals surface area contributed by atoms with Crippen molar-refractivity contribution in [2.24, 2.45) is 0 Å². The molecule has 18 heavy (non-hydrogen) atoms. The van der Waals surface area contributed by atoms with Crippen LogP contribution in [0.25, 0.3) is 10.8 Å². The van der Waals surface area contributed by atoms with Gasteiger partial charge in [-0.25, -0.2) is 4.79 Å². The standard InChI is InChI=1S/C12H9NO5/c1-18-12(15)9-6-10(13(16)17)7-4-2-3-5-8(7)11(9)14/h2-6,14H,1H3/p-1. The Labute approximate surface area is 102 Å². The summed E-state index contributed by atoms with van der Waals surface area (Å²) in [5, 5.41) is 23.3. The number of hydrogen-bond donors (Lipinski definition) is 0. The lowest BCUT2D eigenvalue weighted by molar-refractivity contribution is -0.383. The fourth-order valence-electron chi connectivity index (χ4n) is 1.74. The van der Waals surface area contributed by atoms with Crippen LogP contribution < -0.4 is 5.11 Å². The molecule has 0 saturated heterocycles. The van der Waals surface area contributed by atoms with Gasteiger partial charge in [0.25, 0.3) is 5.69 Å². The summed E-state index contributed by atoms with van der Waals surface area (Å²) in [5.41, 5.74) is -0.617. The molecule has 0 spiro atoms. The first kappa shape index (κ1) is 11.8. The fraction of sp³-hybridized carbons (Fsp3) is 0.0833. The summed E-state index contributed by atoms with van der Waals surface area (Å²) in [7, 11) is 1.11. The van der Waals surface area contributed by atoms with Crippen molar-refractivity contribution in [2.75, 3.05) is 7.11 Å². The van der Waals surface area contributed by atoms with Gasteiger partial charge < -0.3 is 9.84 Å². The molecule has 0 fully saturated rings. The molecule has 0 heterocycles. The van der Waals surface area contributed by atoms with Gasteiger partial charge in [0.15, 0.2) is 0 Å². The third-order valence-electron chi connectivity index (χ3n) is 2.58. The molecule has 0 bridgehead atoms. The smallest absolute Gasteiger partial charge is 0.337 e. The van der Waals surface area contributed by atoms with Gasteiger partial charge in [0.1, 0.15) is 0 Å². The lowest BCUT2D eigenvalue weighted by atomic mass is 10.0. The minimum Gasteiger partial charge on any atom is -0.871 e. The van der Waals surface area contributed by atoms with E-state index in [2.05, 4.69) is 4.74 Å². The predicted molar refractivity (Wildman–Crippen MR) is 61.4 cm³/mol. The number of nitrogens with zero attached hydrogens (tertiary/aromatic N) is 1. The SMILES string of the molecule is COC(=O)c1cc([N+](=O)[O-])c2ccccc2c1[O-]. The topological polar surface area (TPSA) is 92.5 Å². The Hall–Kier alpha value is -2.63. The lowest BCUT2D eigenvalue weighted by Crippen LogP contribution is -2.08. The number of benzene rings is 2. The first-order valence-electron chi connectivity index (χ1n) is 5.01.